The fraction of sp³-hybridized carbons (Fsp3) is 0.875. The van der Waals surface area contributed by atoms with E-state index in [1.807, 2.05) is 0 Å². The van der Waals surface area contributed by atoms with Crippen LogP contribution in [0.4, 0.5) is 0 Å². The van der Waals surface area contributed by atoms with Gasteiger partial charge in [0.1, 0.15) is 0 Å². The molecule has 14 heavy (non-hydrogen) atoms. The fourth-order valence-electron chi connectivity index (χ4n) is 0.976. The SMILES string of the molecule is CCOP(=O)(OCC)C(=S)NC1CC1. The zero-order valence-corrected chi connectivity index (χ0v) is 10.2. The first-order chi connectivity index (χ1) is 6.62. The lowest BCUT2D eigenvalue weighted by molar-refractivity contribution is 0.232. The first-order valence-electron chi connectivity index (χ1n) is 4.82. The minimum Gasteiger partial charge on any atom is -0.367 e. The molecule has 0 heterocycles. The summed E-state index contributed by atoms with van der Waals surface area (Å²) in [4.78, 5) is 0. The number of thiocarbonyl (C=S) groups is 1. The zero-order valence-electron chi connectivity index (χ0n) is 8.49. The van der Waals surface area contributed by atoms with Crippen LogP contribution < -0.4 is 5.32 Å². The Labute approximate surface area is 89.9 Å². The van der Waals surface area contributed by atoms with Gasteiger partial charge in [-0.1, -0.05) is 12.2 Å². The van der Waals surface area contributed by atoms with Gasteiger partial charge in [0.25, 0.3) is 0 Å². The first-order valence-corrected chi connectivity index (χ1v) is 6.77. The molecule has 1 fully saturated rings. The Hall–Kier alpha value is 0.0400. The monoisotopic (exact) mass is 237 g/mol. The first kappa shape index (κ1) is 12.1. The van der Waals surface area contributed by atoms with E-state index in [4.69, 9.17) is 21.3 Å². The molecule has 1 aliphatic carbocycles. The molecule has 0 radical (unpaired) electrons. The predicted molar refractivity (Wildman–Crippen MR) is 59.6 cm³/mol. The van der Waals surface area contributed by atoms with Crippen molar-refractivity contribution in [1.29, 1.82) is 0 Å². The van der Waals surface area contributed by atoms with Gasteiger partial charge in [-0.15, -0.1) is 0 Å². The third-order valence-electron chi connectivity index (χ3n) is 1.75. The van der Waals surface area contributed by atoms with Crippen molar-refractivity contribution in [2.24, 2.45) is 0 Å². The highest BCUT2D eigenvalue weighted by Gasteiger charge is 2.34. The van der Waals surface area contributed by atoms with E-state index in [2.05, 4.69) is 5.32 Å². The number of rotatable bonds is 6. The highest BCUT2D eigenvalue weighted by molar-refractivity contribution is 7.97. The van der Waals surface area contributed by atoms with Crippen molar-refractivity contribution >= 4 is 24.5 Å². The Morgan fingerprint density at radius 3 is 2.29 bits per heavy atom. The van der Waals surface area contributed by atoms with E-state index in [0.29, 0.717) is 19.3 Å². The van der Waals surface area contributed by atoms with Gasteiger partial charge in [-0.2, -0.15) is 0 Å². The Bertz CT molecular complexity index is 245. The van der Waals surface area contributed by atoms with Gasteiger partial charge in [-0.3, -0.25) is 4.57 Å². The van der Waals surface area contributed by atoms with Crippen molar-refractivity contribution in [3.63, 3.8) is 0 Å². The van der Waals surface area contributed by atoms with E-state index in [1.165, 1.54) is 0 Å². The van der Waals surface area contributed by atoms with Crippen LogP contribution >= 0.6 is 19.8 Å². The van der Waals surface area contributed by atoms with Gasteiger partial charge >= 0.3 is 7.60 Å². The van der Waals surface area contributed by atoms with Gasteiger partial charge < -0.3 is 14.4 Å². The van der Waals surface area contributed by atoms with Crippen LogP contribution in [0.2, 0.25) is 0 Å². The third-order valence-corrected chi connectivity index (χ3v) is 4.36. The lowest BCUT2D eigenvalue weighted by Crippen LogP contribution is -2.25. The summed E-state index contributed by atoms with van der Waals surface area (Å²) in [5, 5.41) is 2.98. The van der Waals surface area contributed by atoms with Crippen molar-refractivity contribution in [3.8, 4) is 0 Å². The second kappa shape index (κ2) is 5.21. The van der Waals surface area contributed by atoms with Gasteiger partial charge in [0, 0.05) is 6.04 Å². The van der Waals surface area contributed by atoms with E-state index in [1.54, 1.807) is 13.8 Å². The summed E-state index contributed by atoms with van der Waals surface area (Å²) >= 11 is 5.01. The minimum atomic E-state index is -3.20. The molecule has 0 aromatic carbocycles. The van der Waals surface area contributed by atoms with Crippen molar-refractivity contribution < 1.29 is 13.6 Å². The van der Waals surface area contributed by atoms with Gasteiger partial charge in [-0.25, -0.2) is 0 Å². The number of hydrogen-bond donors (Lipinski definition) is 1. The molecular formula is C8H16NO3PS. The van der Waals surface area contributed by atoms with Crippen LogP contribution in [0.25, 0.3) is 0 Å². The molecule has 1 saturated carbocycles. The van der Waals surface area contributed by atoms with Crippen LogP contribution in [0.1, 0.15) is 26.7 Å². The third kappa shape index (κ3) is 3.31. The Kier molecular flexibility index (Phi) is 4.51. The molecular weight excluding hydrogens is 221 g/mol. The lowest BCUT2D eigenvalue weighted by atomic mass is 10.7. The van der Waals surface area contributed by atoms with Crippen LogP contribution in [-0.2, 0) is 13.6 Å². The average molecular weight is 237 g/mol. The summed E-state index contributed by atoms with van der Waals surface area (Å²) in [6.07, 6.45) is 2.16. The maximum atomic E-state index is 12.0. The second-order valence-electron chi connectivity index (χ2n) is 3.06. The Morgan fingerprint density at radius 2 is 1.93 bits per heavy atom. The van der Waals surface area contributed by atoms with Crippen molar-refractivity contribution in [2.75, 3.05) is 13.2 Å². The maximum Gasteiger partial charge on any atom is 0.388 e. The van der Waals surface area contributed by atoms with E-state index in [9.17, 15) is 4.57 Å². The molecule has 0 saturated heterocycles. The highest BCUT2D eigenvalue weighted by atomic mass is 32.1. The summed E-state index contributed by atoms with van der Waals surface area (Å²) in [6, 6.07) is 0.372. The van der Waals surface area contributed by atoms with Crippen molar-refractivity contribution in [1.82, 2.24) is 5.32 Å². The van der Waals surface area contributed by atoms with Crippen LogP contribution in [-0.4, -0.2) is 24.0 Å². The minimum absolute atomic E-state index is 0.226. The quantitative estimate of drug-likeness (QED) is 0.567. The molecule has 82 valence electrons. The van der Waals surface area contributed by atoms with Gasteiger partial charge in [0.15, 0.2) is 4.73 Å². The van der Waals surface area contributed by atoms with Crippen LogP contribution in [0.3, 0.4) is 0 Å². The molecule has 6 heteroatoms. The van der Waals surface area contributed by atoms with Crippen LogP contribution in [0, 0.1) is 0 Å². The number of hydrogen-bond acceptors (Lipinski definition) is 4. The topological polar surface area (TPSA) is 47.6 Å². The molecule has 0 aromatic rings. The molecule has 0 aromatic heterocycles. The highest BCUT2D eigenvalue weighted by Crippen LogP contribution is 2.49. The summed E-state index contributed by atoms with van der Waals surface area (Å²) in [7, 11) is -3.20. The van der Waals surface area contributed by atoms with Gasteiger partial charge in [0.2, 0.25) is 0 Å². The van der Waals surface area contributed by atoms with E-state index >= 15 is 0 Å². The average Bonchev–Trinajstić information content (AvgIpc) is 2.89. The molecule has 4 nitrogen and oxygen atoms in total. The van der Waals surface area contributed by atoms with Gasteiger partial charge in [-0.05, 0) is 26.7 Å². The Balaban J connectivity index is 2.54. The fourth-order valence-corrected chi connectivity index (χ4v) is 2.79. The molecule has 0 unspecified atom stereocenters. The van der Waals surface area contributed by atoms with Crippen LogP contribution in [0.5, 0.6) is 0 Å². The molecule has 1 rings (SSSR count). The molecule has 0 atom stereocenters. The molecule has 0 bridgehead atoms. The molecule has 1 N–H and O–H groups in total. The largest absolute Gasteiger partial charge is 0.388 e. The van der Waals surface area contributed by atoms with E-state index in [0.717, 1.165) is 12.8 Å². The predicted octanol–water partition coefficient (Wildman–Crippen LogP) is 2.29. The normalized spacial score (nSPS) is 16.7. The lowest BCUT2D eigenvalue weighted by Gasteiger charge is -2.18. The van der Waals surface area contributed by atoms with Gasteiger partial charge in [0.05, 0.1) is 13.2 Å². The summed E-state index contributed by atoms with van der Waals surface area (Å²) in [6.45, 7) is 4.21. The maximum absolute atomic E-state index is 12.0. The number of nitrogens with one attached hydrogen (secondary N) is 1. The molecule has 1 aliphatic rings. The second-order valence-corrected chi connectivity index (χ2v) is 5.73. The standard InChI is InChI=1S/C8H16NO3PS/c1-3-11-13(10,12-4-2)8(14)9-7-5-6-7/h7H,3-6H2,1-2H3,(H,9,14). The summed E-state index contributed by atoms with van der Waals surface area (Å²) in [5.41, 5.74) is 0. The Morgan fingerprint density at radius 1 is 1.43 bits per heavy atom. The smallest absolute Gasteiger partial charge is 0.367 e. The molecule has 0 aliphatic heterocycles. The summed E-state index contributed by atoms with van der Waals surface area (Å²) < 4.78 is 22.4. The van der Waals surface area contributed by atoms with Crippen molar-refractivity contribution in [2.45, 2.75) is 32.7 Å². The molecule has 0 amide bonds. The summed E-state index contributed by atoms with van der Waals surface area (Å²) in [5.74, 6) is 0. The van der Waals surface area contributed by atoms with E-state index in [-0.39, 0.29) is 4.73 Å². The van der Waals surface area contributed by atoms with E-state index < -0.39 is 7.60 Å². The molecule has 0 spiro atoms. The van der Waals surface area contributed by atoms with Crippen molar-refractivity contribution in [3.05, 3.63) is 0 Å². The zero-order chi connectivity index (χ0) is 10.6. The van der Waals surface area contributed by atoms with Crippen LogP contribution in [0.15, 0.2) is 0 Å².